The number of benzene rings is 1. The Morgan fingerprint density at radius 2 is 2.00 bits per heavy atom. The van der Waals surface area contributed by atoms with Gasteiger partial charge >= 0.3 is 6.03 Å². The topological polar surface area (TPSA) is 74.2 Å². The number of amides is 2. The Labute approximate surface area is 134 Å². The lowest BCUT2D eigenvalue weighted by Crippen LogP contribution is -2.34. The molecule has 2 rings (SSSR count). The SMILES string of the molecule is Cc1cc(C)c(NC(=O)NC(CO)c2ccccc2)c(Cl)n1. The van der Waals surface area contributed by atoms with E-state index in [0.29, 0.717) is 5.69 Å². The molecule has 0 saturated carbocycles. The van der Waals surface area contributed by atoms with E-state index >= 15 is 0 Å². The van der Waals surface area contributed by atoms with Gasteiger partial charge in [0.15, 0.2) is 5.15 Å². The second-order valence-corrected chi connectivity index (χ2v) is 5.35. The number of hydrogen-bond acceptors (Lipinski definition) is 3. The van der Waals surface area contributed by atoms with Crippen LogP contribution in [0.5, 0.6) is 0 Å². The van der Waals surface area contributed by atoms with Gasteiger partial charge in [0.25, 0.3) is 0 Å². The summed E-state index contributed by atoms with van der Waals surface area (Å²) in [6.45, 7) is 3.48. The van der Waals surface area contributed by atoms with Gasteiger partial charge < -0.3 is 15.7 Å². The summed E-state index contributed by atoms with van der Waals surface area (Å²) in [5.41, 5.74) is 2.90. The number of anilines is 1. The third kappa shape index (κ3) is 3.96. The van der Waals surface area contributed by atoms with E-state index in [1.54, 1.807) is 0 Å². The van der Waals surface area contributed by atoms with Crippen LogP contribution in [-0.2, 0) is 0 Å². The molecule has 2 aromatic rings. The summed E-state index contributed by atoms with van der Waals surface area (Å²) in [7, 11) is 0. The van der Waals surface area contributed by atoms with Crippen molar-refractivity contribution >= 4 is 23.3 Å². The van der Waals surface area contributed by atoms with Crippen molar-refractivity contribution in [2.45, 2.75) is 19.9 Å². The molecule has 0 fully saturated rings. The lowest BCUT2D eigenvalue weighted by atomic mass is 10.1. The maximum atomic E-state index is 12.1. The second-order valence-electron chi connectivity index (χ2n) is 4.99. The number of pyridine rings is 1. The molecule has 1 unspecified atom stereocenters. The first-order valence-corrected chi connectivity index (χ1v) is 7.26. The van der Waals surface area contributed by atoms with E-state index in [0.717, 1.165) is 16.8 Å². The summed E-state index contributed by atoms with van der Waals surface area (Å²) in [6.07, 6.45) is 0. The predicted octanol–water partition coefficient (Wildman–Crippen LogP) is 3.21. The van der Waals surface area contributed by atoms with Gasteiger partial charge in [-0.05, 0) is 31.0 Å². The van der Waals surface area contributed by atoms with Crippen molar-refractivity contribution < 1.29 is 9.90 Å². The molecule has 0 spiro atoms. The van der Waals surface area contributed by atoms with Crippen molar-refractivity contribution in [2.75, 3.05) is 11.9 Å². The highest BCUT2D eigenvalue weighted by atomic mass is 35.5. The van der Waals surface area contributed by atoms with Crippen molar-refractivity contribution in [1.82, 2.24) is 10.3 Å². The number of aryl methyl sites for hydroxylation is 2. The van der Waals surface area contributed by atoms with Gasteiger partial charge in [-0.3, -0.25) is 0 Å². The molecule has 116 valence electrons. The number of aromatic nitrogens is 1. The van der Waals surface area contributed by atoms with E-state index in [2.05, 4.69) is 15.6 Å². The Hall–Kier alpha value is -2.11. The number of hydrogen-bond donors (Lipinski definition) is 3. The Bertz CT molecular complexity index is 639. The third-order valence-corrected chi connectivity index (χ3v) is 3.50. The van der Waals surface area contributed by atoms with Gasteiger partial charge in [0.1, 0.15) is 0 Å². The van der Waals surface area contributed by atoms with Crippen molar-refractivity contribution in [2.24, 2.45) is 0 Å². The largest absolute Gasteiger partial charge is 0.394 e. The highest BCUT2D eigenvalue weighted by molar-refractivity contribution is 6.32. The highest BCUT2D eigenvalue weighted by Gasteiger charge is 2.15. The molecule has 6 heteroatoms. The number of halogens is 1. The normalized spacial score (nSPS) is 11.8. The third-order valence-electron chi connectivity index (χ3n) is 3.23. The summed E-state index contributed by atoms with van der Waals surface area (Å²) in [5.74, 6) is 0. The molecule has 1 aromatic carbocycles. The summed E-state index contributed by atoms with van der Waals surface area (Å²) < 4.78 is 0. The van der Waals surface area contributed by atoms with Crippen LogP contribution in [0.1, 0.15) is 22.9 Å². The van der Waals surface area contributed by atoms with E-state index < -0.39 is 12.1 Å². The zero-order valence-electron chi connectivity index (χ0n) is 12.4. The van der Waals surface area contributed by atoms with Crippen LogP contribution in [0.15, 0.2) is 36.4 Å². The van der Waals surface area contributed by atoms with E-state index in [1.807, 2.05) is 50.2 Å². The molecule has 2 amide bonds. The van der Waals surface area contributed by atoms with Crippen molar-refractivity contribution in [3.8, 4) is 0 Å². The van der Waals surface area contributed by atoms with Crippen LogP contribution in [-0.4, -0.2) is 22.7 Å². The molecule has 0 radical (unpaired) electrons. The van der Waals surface area contributed by atoms with Gasteiger partial charge in [0.05, 0.1) is 18.3 Å². The van der Waals surface area contributed by atoms with Crippen molar-refractivity contribution in [3.05, 3.63) is 58.4 Å². The highest BCUT2D eigenvalue weighted by Crippen LogP contribution is 2.24. The van der Waals surface area contributed by atoms with Gasteiger partial charge in [0, 0.05) is 5.69 Å². The Morgan fingerprint density at radius 1 is 1.32 bits per heavy atom. The lowest BCUT2D eigenvalue weighted by Gasteiger charge is -2.18. The summed E-state index contributed by atoms with van der Waals surface area (Å²) in [5, 5.41) is 15.1. The van der Waals surface area contributed by atoms with Crippen LogP contribution >= 0.6 is 11.6 Å². The lowest BCUT2D eigenvalue weighted by molar-refractivity contribution is 0.225. The van der Waals surface area contributed by atoms with E-state index in [9.17, 15) is 9.90 Å². The second kappa shape index (κ2) is 7.24. The number of nitrogens with one attached hydrogen (secondary N) is 2. The molecule has 1 aromatic heterocycles. The van der Waals surface area contributed by atoms with Crippen molar-refractivity contribution in [1.29, 1.82) is 0 Å². The first-order chi connectivity index (χ1) is 10.5. The fraction of sp³-hybridized carbons (Fsp3) is 0.250. The first kappa shape index (κ1) is 16.3. The molecule has 5 nitrogen and oxygen atoms in total. The van der Waals surface area contributed by atoms with Gasteiger partial charge in [-0.15, -0.1) is 0 Å². The minimum atomic E-state index is -0.487. The Morgan fingerprint density at radius 3 is 2.59 bits per heavy atom. The van der Waals surface area contributed by atoms with E-state index in [4.69, 9.17) is 11.6 Å². The molecule has 0 aliphatic rings. The zero-order valence-corrected chi connectivity index (χ0v) is 13.2. The number of carbonyl (C=O) groups is 1. The van der Waals surface area contributed by atoms with Crippen LogP contribution in [0.3, 0.4) is 0 Å². The maximum Gasteiger partial charge on any atom is 0.319 e. The minimum absolute atomic E-state index is 0.198. The number of urea groups is 1. The number of aliphatic hydroxyl groups excluding tert-OH is 1. The quantitative estimate of drug-likeness (QED) is 0.758. The fourth-order valence-corrected chi connectivity index (χ4v) is 2.50. The molecular weight excluding hydrogens is 302 g/mol. The van der Waals surface area contributed by atoms with Gasteiger partial charge in [0.2, 0.25) is 0 Å². The molecule has 0 aliphatic carbocycles. The standard InChI is InChI=1S/C16H18ClN3O2/c1-10-8-11(2)18-15(17)14(10)20-16(22)19-13(9-21)12-6-4-3-5-7-12/h3-8,13,21H,9H2,1-2H3,(H2,19,20,22). The zero-order chi connectivity index (χ0) is 16.1. The Balaban J connectivity index is 2.10. The van der Waals surface area contributed by atoms with Crippen LogP contribution in [0, 0.1) is 13.8 Å². The smallest absolute Gasteiger partial charge is 0.319 e. The molecule has 1 heterocycles. The average molecular weight is 320 g/mol. The summed E-state index contributed by atoms with van der Waals surface area (Å²) >= 11 is 6.06. The molecular formula is C16H18ClN3O2. The van der Waals surface area contributed by atoms with E-state index in [-0.39, 0.29) is 11.8 Å². The van der Waals surface area contributed by atoms with Crippen LogP contribution in [0.25, 0.3) is 0 Å². The Kier molecular flexibility index (Phi) is 5.35. The van der Waals surface area contributed by atoms with E-state index in [1.165, 1.54) is 0 Å². The average Bonchev–Trinajstić information content (AvgIpc) is 2.49. The first-order valence-electron chi connectivity index (χ1n) is 6.88. The van der Waals surface area contributed by atoms with Crippen molar-refractivity contribution in [3.63, 3.8) is 0 Å². The molecule has 1 atom stereocenters. The van der Waals surface area contributed by atoms with Gasteiger partial charge in [-0.2, -0.15) is 0 Å². The van der Waals surface area contributed by atoms with Gasteiger partial charge in [-0.25, -0.2) is 9.78 Å². The number of nitrogens with zero attached hydrogens (tertiary/aromatic N) is 1. The van der Waals surface area contributed by atoms with Crippen LogP contribution in [0.2, 0.25) is 5.15 Å². The molecule has 0 bridgehead atoms. The summed E-state index contributed by atoms with van der Waals surface area (Å²) in [4.78, 5) is 16.2. The molecule has 0 saturated heterocycles. The molecule has 22 heavy (non-hydrogen) atoms. The number of carbonyl (C=O) groups excluding carboxylic acids is 1. The monoisotopic (exact) mass is 319 g/mol. The molecule has 3 N–H and O–H groups in total. The fourth-order valence-electron chi connectivity index (χ4n) is 2.17. The van der Waals surface area contributed by atoms with Crippen LogP contribution < -0.4 is 10.6 Å². The summed E-state index contributed by atoms with van der Waals surface area (Å²) in [6, 6.07) is 10.2. The molecule has 0 aliphatic heterocycles. The van der Waals surface area contributed by atoms with Crippen LogP contribution in [0.4, 0.5) is 10.5 Å². The number of rotatable bonds is 4. The van der Waals surface area contributed by atoms with Gasteiger partial charge in [-0.1, -0.05) is 41.9 Å². The number of aliphatic hydroxyl groups is 1. The maximum absolute atomic E-state index is 12.1. The minimum Gasteiger partial charge on any atom is -0.394 e. The predicted molar refractivity (Wildman–Crippen MR) is 87.1 cm³/mol.